The first-order valence-corrected chi connectivity index (χ1v) is 7.48. The summed E-state index contributed by atoms with van der Waals surface area (Å²) in [5, 5.41) is 3.06. The third-order valence-electron chi connectivity index (χ3n) is 3.94. The minimum Gasteiger partial charge on any atom is -0.497 e. The van der Waals surface area contributed by atoms with Crippen LogP contribution in [-0.4, -0.2) is 57.7 Å². The first kappa shape index (κ1) is 21.8. The van der Waals surface area contributed by atoms with Crippen molar-refractivity contribution in [2.24, 2.45) is 5.92 Å². The predicted molar refractivity (Wildman–Crippen MR) is 99.4 cm³/mol. The van der Waals surface area contributed by atoms with Crippen LogP contribution in [0.4, 0.5) is 5.69 Å². The van der Waals surface area contributed by atoms with Crippen LogP contribution >= 0.6 is 24.8 Å². The molecule has 0 saturated carbocycles. The van der Waals surface area contributed by atoms with Gasteiger partial charge in [0.1, 0.15) is 5.75 Å². The van der Waals surface area contributed by atoms with E-state index in [1.807, 2.05) is 37.1 Å². The van der Waals surface area contributed by atoms with E-state index in [2.05, 4.69) is 16.3 Å². The molecule has 1 amide bonds. The molecule has 23 heavy (non-hydrogen) atoms. The van der Waals surface area contributed by atoms with Crippen molar-refractivity contribution in [3.63, 3.8) is 0 Å². The third-order valence-corrected chi connectivity index (χ3v) is 3.94. The third kappa shape index (κ3) is 5.75. The maximum Gasteiger partial charge on any atom is 0.226 e. The van der Waals surface area contributed by atoms with Crippen LogP contribution < -0.4 is 15.0 Å². The Hall–Kier alpha value is -1.17. The van der Waals surface area contributed by atoms with Crippen molar-refractivity contribution < 1.29 is 9.53 Å². The first-order valence-electron chi connectivity index (χ1n) is 7.48. The molecule has 5 nitrogen and oxygen atoms in total. The van der Waals surface area contributed by atoms with Gasteiger partial charge >= 0.3 is 0 Å². The van der Waals surface area contributed by atoms with Gasteiger partial charge in [0.2, 0.25) is 5.91 Å². The van der Waals surface area contributed by atoms with Gasteiger partial charge in [-0.25, -0.2) is 0 Å². The normalized spacial score (nSPS) is 15.3. The van der Waals surface area contributed by atoms with Gasteiger partial charge < -0.3 is 19.9 Å². The van der Waals surface area contributed by atoms with Crippen LogP contribution in [0.5, 0.6) is 5.75 Å². The van der Waals surface area contributed by atoms with Gasteiger partial charge in [-0.2, -0.15) is 0 Å². The van der Waals surface area contributed by atoms with Crippen LogP contribution in [0.2, 0.25) is 0 Å². The molecule has 132 valence electrons. The lowest BCUT2D eigenvalue weighted by Gasteiger charge is -2.37. The van der Waals surface area contributed by atoms with Crippen molar-refractivity contribution in [2.45, 2.75) is 6.92 Å². The van der Waals surface area contributed by atoms with Crippen LogP contribution in [0.25, 0.3) is 0 Å². The van der Waals surface area contributed by atoms with Crippen molar-refractivity contribution in [3.8, 4) is 5.75 Å². The minimum absolute atomic E-state index is 0. The molecular formula is C16H27Cl2N3O2. The quantitative estimate of drug-likeness (QED) is 0.869. The summed E-state index contributed by atoms with van der Waals surface area (Å²) in [5.74, 6) is 1.15. The number of methoxy groups -OCH3 is 1. The Balaban J connectivity index is 0.00000242. The van der Waals surface area contributed by atoms with E-state index >= 15 is 0 Å². The molecule has 0 spiro atoms. The molecule has 0 aromatic heterocycles. The number of ether oxygens (including phenoxy) is 1. The number of anilines is 1. The first-order chi connectivity index (χ1) is 10.2. The predicted octanol–water partition coefficient (Wildman–Crippen LogP) is 2.04. The van der Waals surface area contributed by atoms with Gasteiger partial charge in [-0.05, 0) is 19.2 Å². The number of piperazine rings is 1. The van der Waals surface area contributed by atoms with Crippen molar-refractivity contribution >= 4 is 36.4 Å². The zero-order valence-corrected chi connectivity index (χ0v) is 15.6. The second-order valence-corrected chi connectivity index (χ2v) is 5.47. The summed E-state index contributed by atoms with van der Waals surface area (Å²) in [4.78, 5) is 16.6. The number of hydrogen-bond acceptors (Lipinski definition) is 4. The highest BCUT2D eigenvalue weighted by Crippen LogP contribution is 2.22. The van der Waals surface area contributed by atoms with Crippen molar-refractivity contribution in [2.75, 3.05) is 51.8 Å². The van der Waals surface area contributed by atoms with Crippen LogP contribution in [0.3, 0.4) is 0 Å². The van der Waals surface area contributed by atoms with Gasteiger partial charge in [0.25, 0.3) is 0 Å². The summed E-state index contributed by atoms with van der Waals surface area (Å²) in [6.07, 6.45) is 0. The Morgan fingerprint density at radius 1 is 1.26 bits per heavy atom. The Morgan fingerprint density at radius 3 is 2.48 bits per heavy atom. The van der Waals surface area contributed by atoms with E-state index in [-0.39, 0.29) is 36.6 Å². The van der Waals surface area contributed by atoms with Crippen LogP contribution in [0, 0.1) is 5.92 Å². The Morgan fingerprint density at radius 2 is 1.91 bits per heavy atom. The fourth-order valence-corrected chi connectivity index (χ4v) is 2.70. The molecule has 0 bridgehead atoms. The second-order valence-electron chi connectivity index (χ2n) is 5.47. The average Bonchev–Trinajstić information content (AvgIpc) is 2.54. The molecule has 1 saturated heterocycles. The van der Waals surface area contributed by atoms with E-state index in [9.17, 15) is 4.79 Å². The molecule has 0 radical (unpaired) electrons. The SMILES string of the molecule is CNCC(C)C(=O)N1CCN(c2cccc(OC)c2)CC1.Cl.Cl. The molecular weight excluding hydrogens is 337 g/mol. The number of benzene rings is 1. The fraction of sp³-hybridized carbons (Fsp3) is 0.562. The van der Waals surface area contributed by atoms with E-state index in [1.165, 1.54) is 0 Å². The van der Waals surface area contributed by atoms with Crippen LogP contribution in [-0.2, 0) is 4.79 Å². The number of nitrogens with one attached hydrogen (secondary N) is 1. The number of nitrogens with zero attached hydrogens (tertiary/aromatic N) is 2. The standard InChI is InChI=1S/C16H25N3O2.2ClH/c1-13(12-17-2)16(20)19-9-7-18(8-10-19)14-5-4-6-15(11-14)21-3;;/h4-6,11,13,17H,7-10,12H2,1-3H3;2*1H. The molecule has 0 aliphatic carbocycles. The molecule has 2 rings (SSSR count). The zero-order valence-electron chi connectivity index (χ0n) is 13.9. The van der Waals surface area contributed by atoms with Gasteiger partial charge in [0.05, 0.1) is 7.11 Å². The lowest BCUT2D eigenvalue weighted by molar-refractivity contribution is -0.135. The Labute approximate surface area is 151 Å². The topological polar surface area (TPSA) is 44.8 Å². The lowest BCUT2D eigenvalue weighted by Crippen LogP contribution is -2.51. The van der Waals surface area contributed by atoms with E-state index in [0.717, 1.165) is 44.2 Å². The van der Waals surface area contributed by atoms with Gasteiger partial charge in [0, 0.05) is 50.4 Å². The highest BCUT2D eigenvalue weighted by molar-refractivity contribution is 5.85. The number of rotatable bonds is 5. The average molecular weight is 364 g/mol. The summed E-state index contributed by atoms with van der Waals surface area (Å²) in [5.41, 5.74) is 1.16. The fourth-order valence-electron chi connectivity index (χ4n) is 2.70. The van der Waals surface area contributed by atoms with Crippen molar-refractivity contribution in [1.29, 1.82) is 0 Å². The summed E-state index contributed by atoms with van der Waals surface area (Å²) in [6.45, 7) is 6.01. The monoisotopic (exact) mass is 363 g/mol. The molecule has 1 unspecified atom stereocenters. The van der Waals surface area contributed by atoms with Crippen LogP contribution in [0.1, 0.15) is 6.92 Å². The molecule has 1 fully saturated rings. The Kier molecular flexibility index (Phi) is 10.0. The Bertz CT molecular complexity index is 480. The smallest absolute Gasteiger partial charge is 0.226 e. The molecule has 1 aromatic rings. The molecule has 1 aliphatic rings. The van der Waals surface area contributed by atoms with E-state index in [0.29, 0.717) is 0 Å². The number of carbonyl (C=O) groups excluding carboxylic acids is 1. The zero-order chi connectivity index (χ0) is 15.2. The number of hydrogen-bond donors (Lipinski definition) is 1. The summed E-state index contributed by atoms with van der Waals surface area (Å²) in [6, 6.07) is 8.08. The summed E-state index contributed by atoms with van der Waals surface area (Å²) < 4.78 is 5.27. The maximum absolute atomic E-state index is 12.3. The molecule has 1 heterocycles. The van der Waals surface area contributed by atoms with Gasteiger partial charge in [-0.3, -0.25) is 4.79 Å². The van der Waals surface area contributed by atoms with Gasteiger partial charge in [-0.1, -0.05) is 13.0 Å². The summed E-state index contributed by atoms with van der Waals surface area (Å²) >= 11 is 0. The largest absolute Gasteiger partial charge is 0.497 e. The van der Waals surface area contributed by atoms with E-state index in [4.69, 9.17) is 4.74 Å². The molecule has 1 aromatic carbocycles. The highest BCUT2D eigenvalue weighted by Gasteiger charge is 2.24. The molecule has 1 aliphatic heterocycles. The molecule has 7 heteroatoms. The molecule has 1 N–H and O–H groups in total. The van der Waals surface area contributed by atoms with Crippen molar-refractivity contribution in [3.05, 3.63) is 24.3 Å². The van der Waals surface area contributed by atoms with E-state index in [1.54, 1.807) is 7.11 Å². The van der Waals surface area contributed by atoms with Crippen molar-refractivity contribution in [1.82, 2.24) is 10.2 Å². The second kappa shape index (κ2) is 10.6. The number of halogens is 2. The summed E-state index contributed by atoms with van der Waals surface area (Å²) in [7, 11) is 3.56. The van der Waals surface area contributed by atoms with E-state index < -0.39 is 0 Å². The van der Waals surface area contributed by atoms with Gasteiger partial charge in [-0.15, -0.1) is 24.8 Å². The minimum atomic E-state index is 0. The highest BCUT2D eigenvalue weighted by atomic mass is 35.5. The number of carbonyl (C=O) groups is 1. The van der Waals surface area contributed by atoms with Gasteiger partial charge in [0.15, 0.2) is 0 Å². The molecule has 1 atom stereocenters. The van der Waals surface area contributed by atoms with Crippen LogP contribution in [0.15, 0.2) is 24.3 Å². The maximum atomic E-state index is 12.3. The number of amides is 1. The lowest BCUT2D eigenvalue weighted by atomic mass is 10.1.